The standard InChI is InChI=1S/C31H28Cl2N4O8.C24H22Cl2N4O8.C20H17Cl2N3O6/c1-17(38)36-14-23(35-29(42)19-11-20(32)28(41)21(33)12-19)30(43)37(25-10-6-5-9-24(25)36)15-26(39)34-22-13-27(40)45-31(22)44-16-18-7-3-2-4-8-18;1-12(32)29-9-17(28-23(37)13-6-15(25)22(36)16(26)7-13)24(38)30(19-5-3-2-4-18(19)29)10-20(33)27-14(11-31)8-21(34)35;1-10(26)24-8-14(23-19(30)11-6-12(21)18(29)13(22)7-11)20(31)25(9-17(27)28)16-5-3-2-4-15(16)24/h2-12,22-23,31,41H,13-16H2,1H3,(H,34,39)(H,35,42);2-7,11,14,17,36H,8-10H2,1H3,(H,27,33)(H,28,37)(H,34,35);2-7,14,29H,8-9H2,1H3,(H,23,30)(H,27,28)/t22-,23-,31?;14-,17-;14-/m000/s1. The highest BCUT2D eigenvalue weighted by Gasteiger charge is 2.43. The van der Waals surface area contributed by atoms with Crippen LogP contribution in [0.4, 0.5) is 34.1 Å². The molecule has 33 nitrogen and oxygen atoms in total. The molecule has 0 spiro atoms. The topological polar surface area (TPSA) is 455 Å². The van der Waals surface area contributed by atoms with Crippen molar-refractivity contribution in [3.05, 3.63) is 192 Å². The zero-order chi connectivity index (χ0) is 83.3. The average Bonchev–Trinajstić information content (AvgIpc) is 1.62. The number of halogens is 6. The van der Waals surface area contributed by atoms with Gasteiger partial charge in [0.15, 0.2) is 17.2 Å². The van der Waals surface area contributed by atoms with E-state index in [-0.39, 0.29) is 109 Å². The zero-order valence-electron chi connectivity index (χ0n) is 59.8. The molecule has 596 valence electrons. The van der Waals surface area contributed by atoms with Crippen LogP contribution >= 0.6 is 69.6 Å². The lowest BCUT2D eigenvalue weighted by Crippen LogP contribution is -2.55. The van der Waals surface area contributed by atoms with Crippen LogP contribution in [0.25, 0.3) is 0 Å². The number of anilines is 6. The van der Waals surface area contributed by atoms with Crippen LogP contribution in [-0.2, 0) is 73.6 Å². The highest BCUT2D eigenvalue weighted by atomic mass is 35.5. The number of carboxylic acid groups (broad SMARTS) is 2. The van der Waals surface area contributed by atoms with E-state index in [4.69, 9.17) is 84.2 Å². The number of hydrogen-bond donors (Lipinski definition) is 10. The molecule has 0 aliphatic carbocycles. The fourth-order valence-corrected chi connectivity index (χ4v) is 13.5. The van der Waals surface area contributed by atoms with E-state index in [0.717, 1.165) is 32.4 Å². The largest absolute Gasteiger partial charge is 0.505 e. The maximum Gasteiger partial charge on any atom is 0.323 e. The highest BCUT2D eigenvalue weighted by molar-refractivity contribution is 6.39. The molecular weight excluding hydrogens is 1620 g/mol. The van der Waals surface area contributed by atoms with Crippen molar-refractivity contribution in [2.75, 3.05) is 68.7 Å². The Morgan fingerprint density at radius 2 is 0.789 bits per heavy atom. The number of nitrogens with zero attached hydrogens (tertiary/aromatic N) is 6. The minimum Gasteiger partial charge on any atom is -0.505 e. The monoisotopic (exact) mass is 1680 g/mol. The second-order valence-corrected chi connectivity index (χ2v) is 27.8. The van der Waals surface area contributed by atoms with Gasteiger partial charge in [-0.2, -0.15) is 0 Å². The number of carbonyl (C=O) groups is 15. The number of nitrogens with one attached hydrogen (secondary N) is 5. The predicted octanol–water partition coefficient (Wildman–Crippen LogP) is 6.81. The van der Waals surface area contributed by atoms with Crippen LogP contribution in [0.15, 0.2) is 140 Å². The molecular formula is C75H67Cl6N11O22. The summed E-state index contributed by atoms with van der Waals surface area (Å²) in [5.41, 5.74) is 2.35. The third-order valence-electron chi connectivity index (χ3n) is 17.4. The molecule has 0 aromatic heterocycles. The fourth-order valence-electron chi connectivity index (χ4n) is 12.1. The van der Waals surface area contributed by atoms with E-state index < -0.39 is 163 Å². The summed E-state index contributed by atoms with van der Waals surface area (Å²) < 4.78 is 11.0. The summed E-state index contributed by atoms with van der Waals surface area (Å²) in [4.78, 5) is 196. The number of hydrogen-bond acceptors (Lipinski definition) is 20. The van der Waals surface area contributed by atoms with E-state index in [1.165, 1.54) is 71.9 Å². The van der Waals surface area contributed by atoms with Crippen molar-refractivity contribution in [3.8, 4) is 17.2 Å². The van der Waals surface area contributed by atoms with Crippen LogP contribution < -0.4 is 56.0 Å². The molecule has 4 aliphatic rings. The van der Waals surface area contributed by atoms with E-state index in [1.54, 1.807) is 60.7 Å². The van der Waals surface area contributed by atoms with Gasteiger partial charge in [0.25, 0.3) is 35.4 Å². The van der Waals surface area contributed by atoms with Crippen molar-refractivity contribution in [2.45, 2.75) is 76.7 Å². The van der Waals surface area contributed by atoms with E-state index >= 15 is 0 Å². The van der Waals surface area contributed by atoms with Gasteiger partial charge in [0.05, 0.1) is 109 Å². The molecule has 6 atom stereocenters. The van der Waals surface area contributed by atoms with Gasteiger partial charge in [-0.05, 0) is 78.4 Å². The van der Waals surface area contributed by atoms with Crippen molar-refractivity contribution < 1.29 is 107 Å². The molecule has 7 aromatic carbocycles. The number of carboxylic acids is 2. The third kappa shape index (κ3) is 21.0. The Morgan fingerprint density at radius 1 is 0.465 bits per heavy atom. The smallest absolute Gasteiger partial charge is 0.323 e. The predicted molar refractivity (Wildman–Crippen MR) is 414 cm³/mol. The summed E-state index contributed by atoms with van der Waals surface area (Å²) in [5, 5.41) is 59.1. The number of amides is 11. The van der Waals surface area contributed by atoms with Gasteiger partial charge in [0.1, 0.15) is 50.1 Å². The van der Waals surface area contributed by atoms with Crippen LogP contribution in [0, 0.1) is 0 Å². The number of benzene rings is 7. The van der Waals surface area contributed by atoms with E-state index in [9.17, 15) is 92.3 Å². The summed E-state index contributed by atoms with van der Waals surface area (Å²) in [6.45, 7) is 1.46. The number of aromatic hydroxyl groups is 3. The Labute approximate surface area is 677 Å². The lowest BCUT2D eigenvalue weighted by Gasteiger charge is -2.26. The molecule has 0 saturated carbocycles. The van der Waals surface area contributed by atoms with Gasteiger partial charge in [-0.15, -0.1) is 0 Å². The van der Waals surface area contributed by atoms with Crippen molar-refractivity contribution in [2.24, 2.45) is 0 Å². The molecule has 11 amide bonds. The van der Waals surface area contributed by atoms with Gasteiger partial charge in [0, 0.05) is 37.5 Å². The average molecular weight is 1690 g/mol. The number of phenolic OH excluding ortho intramolecular Hbond substituents is 3. The van der Waals surface area contributed by atoms with Crippen molar-refractivity contribution in [1.29, 1.82) is 0 Å². The highest BCUT2D eigenvalue weighted by Crippen LogP contribution is 2.39. The Morgan fingerprint density at radius 3 is 1.11 bits per heavy atom. The molecule has 0 bridgehead atoms. The van der Waals surface area contributed by atoms with Gasteiger partial charge < -0.3 is 81.1 Å². The molecule has 39 heteroatoms. The first-order valence-electron chi connectivity index (χ1n) is 33.9. The number of phenols is 3. The number of aldehydes is 1. The van der Waals surface area contributed by atoms with Gasteiger partial charge in [-0.1, -0.05) is 136 Å². The number of esters is 1. The van der Waals surface area contributed by atoms with Crippen LogP contribution in [0.2, 0.25) is 30.1 Å². The lowest BCUT2D eigenvalue weighted by molar-refractivity contribution is -0.168. The van der Waals surface area contributed by atoms with E-state index in [0.29, 0.717) is 11.4 Å². The molecule has 1 fully saturated rings. The number of rotatable bonds is 20. The Kier molecular flexibility index (Phi) is 28.6. The summed E-state index contributed by atoms with van der Waals surface area (Å²) >= 11 is 35.5. The second-order valence-electron chi connectivity index (χ2n) is 25.4. The summed E-state index contributed by atoms with van der Waals surface area (Å²) in [6, 6.07) is 29.3. The molecule has 11 rings (SSSR count). The summed E-state index contributed by atoms with van der Waals surface area (Å²) in [7, 11) is 0. The number of para-hydroxylation sites is 6. The Hall–Kier alpha value is -12.1. The second kappa shape index (κ2) is 37.9. The maximum absolute atomic E-state index is 14.0. The minimum absolute atomic E-state index is 0.0264. The molecule has 4 heterocycles. The van der Waals surface area contributed by atoms with E-state index in [2.05, 4.69) is 26.6 Å². The molecule has 1 saturated heterocycles. The van der Waals surface area contributed by atoms with Crippen LogP contribution in [-0.4, -0.2) is 190 Å². The number of ether oxygens (including phenoxy) is 2. The number of carbonyl (C=O) groups excluding carboxylic acids is 13. The van der Waals surface area contributed by atoms with Crippen LogP contribution in [0.5, 0.6) is 17.2 Å². The van der Waals surface area contributed by atoms with Gasteiger partial charge in [-0.25, -0.2) is 0 Å². The number of fused-ring (bicyclic) bond motifs is 3. The van der Waals surface area contributed by atoms with Crippen molar-refractivity contribution in [1.82, 2.24) is 26.6 Å². The number of cyclic esters (lactones) is 1. The molecule has 10 N–H and O–H groups in total. The zero-order valence-corrected chi connectivity index (χ0v) is 64.3. The SMILES string of the molecule is CC(=O)N1C[C@H](NC(=O)c2cc(Cl)c(O)c(Cl)c2)C(=O)N(CC(=O)N[C@H](C=O)CC(=O)O)c2ccccc21.CC(=O)N1C[C@H](NC(=O)c2cc(Cl)c(O)c(Cl)c2)C(=O)N(CC(=O)N[C@H]2CC(=O)OC2OCc2ccccc2)c2ccccc21.CC(=O)N1C[C@H](NC(=O)c2cc(Cl)c(O)c(Cl)c2)C(=O)N(CC(=O)O)c2ccccc21. The lowest BCUT2D eigenvalue weighted by atomic mass is 10.1. The summed E-state index contributed by atoms with van der Waals surface area (Å²) in [6.07, 6.45) is -1.57. The normalized spacial score (nSPS) is 17.2. The first-order valence-corrected chi connectivity index (χ1v) is 36.2. The number of aliphatic carboxylic acids is 2. The molecule has 114 heavy (non-hydrogen) atoms. The summed E-state index contributed by atoms with van der Waals surface area (Å²) in [5.74, 6) is -11.5. The van der Waals surface area contributed by atoms with Gasteiger partial charge in [-0.3, -0.25) is 81.8 Å². The van der Waals surface area contributed by atoms with Crippen LogP contribution in [0.1, 0.15) is 70.3 Å². The third-order valence-corrected chi connectivity index (χ3v) is 19.2. The molecule has 7 aromatic rings. The first kappa shape index (κ1) is 85.9. The Bertz CT molecular complexity index is 4950. The van der Waals surface area contributed by atoms with Crippen LogP contribution in [0.3, 0.4) is 0 Å². The van der Waals surface area contributed by atoms with E-state index in [1.807, 2.05) is 30.3 Å². The first-order chi connectivity index (χ1) is 54.0. The molecule has 0 radical (unpaired) electrons. The fraction of sp³-hybridized carbons (Fsp3) is 0.240. The molecule has 1 unspecified atom stereocenters. The van der Waals surface area contributed by atoms with Crippen molar-refractivity contribution in [3.63, 3.8) is 0 Å². The van der Waals surface area contributed by atoms with Gasteiger partial charge in [0.2, 0.25) is 35.8 Å². The quantitative estimate of drug-likeness (QED) is 0.0277. The Balaban J connectivity index is 0.000000199. The van der Waals surface area contributed by atoms with Crippen molar-refractivity contribution >= 4 is 193 Å². The maximum atomic E-state index is 14.0. The minimum atomic E-state index is -1.35. The molecule has 4 aliphatic heterocycles. The van der Waals surface area contributed by atoms with Gasteiger partial charge >= 0.3 is 17.9 Å².